The van der Waals surface area contributed by atoms with Gasteiger partial charge in [-0.15, -0.1) is 0 Å². The van der Waals surface area contributed by atoms with Crippen LogP contribution in [-0.2, 0) is 0 Å². The third-order valence-corrected chi connectivity index (χ3v) is 3.59. The van der Waals surface area contributed by atoms with Crippen LogP contribution in [-0.4, -0.2) is 5.11 Å². The summed E-state index contributed by atoms with van der Waals surface area (Å²) in [5, 5.41) is 10.0. The van der Waals surface area contributed by atoms with Crippen LogP contribution in [0.4, 0.5) is 0 Å². The van der Waals surface area contributed by atoms with Crippen LogP contribution in [0, 0.1) is 6.92 Å². The first-order valence-corrected chi connectivity index (χ1v) is 6.47. The molecule has 1 N–H and O–H groups in total. The van der Waals surface area contributed by atoms with Gasteiger partial charge in [0.25, 0.3) is 0 Å². The molecule has 0 saturated heterocycles. The summed E-state index contributed by atoms with van der Waals surface area (Å²) < 4.78 is 5.73. The first kappa shape index (κ1) is 12.8. The van der Waals surface area contributed by atoms with Gasteiger partial charge in [0.15, 0.2) is 11.0 Å². The Kier molecular flexibility index (Phi) is 2.99. The third-order valence-electron chi connectivity index (χ3n) is 3.23. The highest BCUT2D eigenvalue weighted by molar-refractivity contribution is 6.36. The van der Waals surface area contributed by atoms with Gasteiger partial charge in [0, 0.05) is 11.6 Å². The van der Waals surface area contributed by atoms with Crippen molar-refractivity contribution in [2.45, 2.75) is 6.92 Å². The van der Waals surface area contributed by atoms with E-state index in [-0.39, 0.29) is 21.8 Å². The van der Waals surface area contributed by atoms with E-state index in [0.29, 0.717) is 11.1 Å². The third kappa shape index (κ3) is 1.96. The Morgan fingerprint density at radius 3 is 2.65 bits per heavy atom. The van der Waals surface area contributed by atoms with Gasteiger partial charge in [0.05, 0.1) is 5.39 Å². The first-order chi connectivity index (χ1) is 9.58. The van der Waals surface area contributed by atoms with E-state index in [2.05, 4.69) is 0 Å². The molecule has 0 unspecified atom stereocenters. The number of aromatic hydroxyl groups is 1. The van der Waals surface area contributed by atoms with Gasteiger partial charge in [-0.05, 0) is 24.6 Å². The van der Waals surface area contributed by atoms with Crippen LogP contribution in [0.25, 0.3) is 22.3 Å². The molecule has 0 amide bonds. The first-order valence-electron chi connectivity index (χ1n) is 6.09. The summed E-state index contributed by atoms with van der Waals surface area (Å²) in [6.07, 6.45) is 0. The Bertz CT molecular complexity index is 865. The highest BCUT2D eigenvalue weighted by Gasteiger charge is 2.13. The Morgan fingerprint density at radius 1 is 1.15 bits per heavy atom. The number of hydrogen-bond acceptors (Lipinski definition) is 3. The minimum atomic E-state index is -0.189. The number of phenolic OH excluding ortho intramolecular Hbond substituents is 1. The number of phenols is 1. The van der Waals surface area contributed by atoms with E-state index in [4.69, 9.17) is 16.0 Å². The summed E-state index contributed by atoms with van der Waals surface area (Å²) in [5.41, 5.74) is 1.83. The number of hydrogen-bond donors (Lipinski definition) is 1. The Balaban J connectivity index is 2.38. The number of benzene rings is 2. The summed E-state index contributed by atoms with van der Waals surface area (Å²) in [7, 11) is 0. The summed E-state index contributed by atoms with van der Waals surface area (Å²) in [4.78, 5) is 12.1. The topological polar surface area (TPSA) is 50.4 Å². The SMILES string of the molecule is Cc1ccccc1-c1cc(=O)c2ccc(O)c(Cl)c2o1. The molecule has 0 spiro atoms. The van der Waals surface area contributed by atoms with Crippen molar-refractivity contribution >= 4 is 22.6 Å². The van der Waals surface area contributed by atoms with Gasteiger partial charge in [-0.1, -0.05) is 35.9 Å². The molecule has 0 radical (unpaired) electrons. The molecule has 0 fully saturated rings. The molecule has 0 atom stereocenters. The van der Waals surface area contributed by atoms with Crippen LogP contribution in [0.3, 0.4) is 0 Å². The largest absolute Gasteiger partial charge is 0.506 e. The van der Waals surface area contributed by atoms with Gasteiger partial charge < -0.3 is 9.52 Å². The molecule has 0 bridgehead atoms. The van der Waals surface area contributed by atoms with Gasteiger partial charge >= 0.3 is 0 Å². The fourth-order valence-electron chi connectivity index (χ4n) is 2.16. The molecule has 0 aliphatic rings. The lowest BCUT2D eigenvalue weighted by atomic mass is 10.1. The normalized spacial score (nSPS) is 10.9. The lowest BCUT2D eigenvalue weighted by Gasteiger charge is -2.07. The molecule has 1 aromatic heterocycles. The van der Waals surface area contributed by atoms with Crippen molar-refractivity contribution in [3.63, 3.8) is 0 Å². The smallest absolute Gasteiger partial charge is 0.193 e. The van der Waals surface area contributed by atoms with Gasteiger partial charge in [-0.3, -0.25) is 4.79 Å². The zero-order valence-corrected chi connectivity index (χ0v) is 11.4. The minimum Gasteiger partial charge on any atom is -0.506 e. The van der Waals surface area contributed by atoms with E-state index in [1.165, 1.54) is 18.2 Å². The fraction of sp³-hybridized carbons (Fsp3) is 0.0625. The number of fused-ring (bicyclic) bond motifs is 1. The maximum Gasteiger partial charge on any atom is 0.193 e. The van der Waals surface area contributed by atoms with E-state index in [1.54, 1.807) is 0 Å². The van der Waals surface area contributed by atoms with Crippen molar-refractivity contribution in [1.29, 1.82) is 0 Å². The second kappa shape index (κ2) is 4.69. The average Bonchev–Trinajstić information content (AvgIpc) is 2.43. The number of halogens is 1. The van der Waals surface area contributed by atoms with Crippen LogP contribution < -0.4 is 5.43 Å². The molecule has 100 valence electrons. The Hall–Kier alpha value is -2.26. The average molecular weight is 287 g/mol. The fourth-order valence-corrected chi connectivity index (χ4v) is 2.36. The molecule has 0 aliphatic carbocycles. The molecular weight excluding hydrogens is 276 g/mol. The summed E-state index contributed by atoms with van der Waals surface area (Å²) >= 11 is 6.01. The maximum absolute atomic E-state index is 12.1. The van der Waals surface area contributed by atoms with Crippen molar-refractivity contribution in [2.75, 3.05) is 0 Å². The summed E-state index contributed by atoms with van der Waals surface area (Å²) in [6, 6.07) is 11.9. The predicted molar refractivity (Wildman–Crippen MR) is 79.3 cm³/mol. The zero-order valence-electron chi connectivity index (χ0n) is 10.7. The monoisotopic (exact) mass is 286 g/mol. The molecule has 20 heavy (non-hydrogen) atoms. The second-order valence-electron chi connectivity index (χ2n) is 4.57. The van der Waals surface area contributed by atoms with E-state index in [9.17, 15) is 9.90 Å². The van der Waals surface area contributed by atoms with Crippen LogP contribution in [0.1, 0.15) is 5.56 Å². The van der Waals surface area contributed by atoms with Crippen molar-refractivity contribution in [3.8, 4) is 17.1 Å². The van der Waals surface area contributed by atoms with Gasteiger partial charge in [-0.25, -0.2) is 0 Å². The maximum atomic E-state index is 12.1. The van der Waals surface area contributed by atoms with Gasteiger partial charge in [-0.2, -0.15) is 0 Å². The van der Waals surface area contributed by atoms with E-state index >= 15 is 0 Å². The van der Waals surface area contributed by atoms with Crippen LogP contribution >= 0.6 is 11.6 Å². The molecule has 0 aliphatic heterocycles. The van der Waals surface area contributed by atoms with Crippen LogP contribution in [0.15, 0.2) is 51.7 Å². The van der Waals surface area contributed by atoms with Crippen molar-refractivity contribution in [2.24, 2.45) is 0 Å². The summed E-state index contributed by atoms with van der Waals surface area (Å²) in [6.45, 7) is 1.93. The van der Waals surface area contributed by atoms with Crippen molar-refractivity contribution < 1.29 is 9.52 Å². The molecule has 0 saturated carbocycles. The van der Waals surface area contributed by atoms with Gasteiger partial charge in [0.2, 0.25) is 0 Å². The van der Waals surface area contributed by atoms with Gasteiger partial charge in [0.1, 0.15) is 16.5 Å². The van der Waals surface area contributed by atoms with Crippen LogP contribution in [0.5, 0.6) is 5.75 Å². The van der Waals surface area contributed by atoms with E-state index < -0.39 is 0 Å². The molecule has 3 rings (SSSR count). The van der Waals surface area contributed by atoms with E-state index in [1.807, 2.05) is 31.2 Å². The standard InChI is InChI=1S/C16H11ClO3/c1-9-4-2-3-5-10(9)14-8-13(19)11-6-7-12(18)15(17)16(11)20-14/h2-8,18H,1H3. The molecule has 3 nitrogen and oxygen atoms in total. The lowest BCUT2D eigenvalue weighted by molar-refractivity contribution is 0.474. The summed E-state index contributed by atoms with van der Waals surface area (Å²) in [5.74, 6) is 0.331. The highest BCUT2D eigenvalue weighted by atomic mass is 35.5. The van der Waals surface area contributed by atoms with E-state index in [0.717, 1.165) is 11.1 Å². The second-order valence-corrected chi connectivity index (χ2v) is 4.94. The Morgan fingerprint density at radius 2 is 1.90 bits per heavy atom. The zero-order chi connectivity index (χ0) is 14.3. The predicted octanol–water partition coefficient (Wildman–Crippen LogP) is 4.13. The number of rotatable bonds is 1. The lowest BCUT2D eigenvalue weighted by Crippen LogP contribution is -2.01. The van der Waals surface area contributed by atoms with Crippen molar-refractivity contribution in [3.05, 3.63) is 63.3 Å². The Labute approximate surface area is 120 Å². The highest BCUT2D eigenvalue weighted by Crippen LogP contribution is 2.33. The minimum absolute atomic E-state index is 0.0510. The molecule has 4 heteroatoms. The molecule has 1 heterocycles. The molecule has 3 aromatic rings. The quantitative estimate of drug-likeness (QED) is 0.732. The molecular formula is C16H11ClO3. The van der Waals surface area contributed by atoms with Crippen LogP contribution in [0.2, 0.25) is 5.02 Å². The van der Waals surface area contributed by atoms with Crippen molar-refractivity contribution in [1.82, 2.24) is 0 Å². The number of aryl methyl sites for hydroxylation is 1. The molecule has 2 aromatic carbocycles.